The van der Waals surface area contributed by atoms with E-state index in [-0.39, 0.29) is 6.04 Å². The van der Waals surface area contributed by atoms with Gasteiger partial charge in [-0.2, -0.15) is 0 Å². The second-order valence-corrected chi connectivity index (χ2v) is 5.43. The van der Waals surface area contributed by atoms with E-state index in [0.29, 0.717) is 6.04 Å². The lowest BCUT2D eigenvalue weighted by Gasteiger charge is -2.31. The molecule has 0 aliphatic heterocycles. The van der Waals surface area contributed by atoms with Gasteiger partial charge in [0.05, 0.1) is 13.7 Å². The molecule has 4 heteroatoms. The summed E-state index contributed by atoms with van der Waals surface area (Å²) in [4.78, 5) is 2.43. The Kier molecular flexibility index (Phi) is 8.35. The number of methoxy groups -OCH3 is 2. The van der Waals surface area contributed by atoms with Crippen LogP contribution < -0.4 is 10.1 Å². The van der Waals surface area contributed by atoms with Gasteiger partial charge in [0.1, 0.15) is 5.75 Å². The summed E-state index contributed by atoms with van der Waals surface area (Å²) >= 11 is 0. The van der Waals surface area contributed by atoms with Gasteiger partial charge in [0.2, 0.25) is 0 Å². The number of ether oxygens (including phenoxy) is 2. The number of benzene rings is 1. The van der Waals surface area contributed by atoms with Crippen molar-refractivity contribution in [2.75, 3.05) is 40.5 Å². The molecule has 0 radical (unpaired) electrons. The third-order valence-electron chi connectivity index (χ3n) is 3.69. The number of nitrogens with zero attached hydrogens (tertiary/aromatic N) is 1. The first kappa shape index (κ1) is 18.0. The molecule has 0 saturated carbocycles. The van der Waals surface area contributed by atoms with Gasteiger partial charge in [-0.3, -0.25) is 4.90 Å². The van der Waals surface area contributed by atoms with Gasteiger partial charge in [0.15, 0.2) is 0 Å². The molecule has 0 heterocycles. The second kappa shape index (κ2) is 9.77. The average molecular weight is 294 g/mol. The first-order valence-electron chi connectivity index (χ1n) is 7.73. The normalized spacial score (nSPS) is 12.9. The molecule has 0 amide bonds. The molecule has 0 aliphatic rings. The van der Waals surface area contributed by atoms with E-state index >= 15 is 0 Å². The molecule has 1 N–H and O–H groups in total. The van der Waals surface area contributed by atoms with Crippen LogP contribution >= 0.6 is 0 Å². The molecule has 4 nitrogen and oxygen atoms in total. The minimum absolute atomic E-state index is 0.255. The number of para-hydroxylation sites is 1. The Bertz CT molecular complexity index is 396. The quantitative estimate of drug-likeness (QED) is 0.719. The van der Waals surface area contributed by atoms with E-state index in [1.807, 2.05) is 12.1 Å². The van der Waals surface area contributed by atoms with E-state index in [4.69, 9.17) is 9.47 Å². The van der Waals surface area contributed by atoms with Crippen LogP contribution in [-0.2, 0) is 4.74 Å². The van der Waals surface area contributed by atoms with Crippen molar-refractivity contribution in [3.63, 3.8) is 0 Å². The van der Waals surface area contributed by atoms with Gasteiger partial charge in [-0.05, 0) is 26.5 Å². The minimum Gasteiger partial charge on any atom is -0.496 e. The van der Waals surface area contributed by atoms with Gasteiger partial charge >= 0.3 is 0 Å². The Hall–Kier alpha value is -1.10. The fraction of sp³-hybridized carbons (Fsp3) is 0.647. The zero-order valence-electron chi connectivity index (χ0n) is 14.1. The molecule has 1 atom stereocenters. The summed E-state index contributed by atoms with van der Waals surface area (Å²) < 4.78 is 10.7. The fourth-order valence-corrected chi connectivity index (χ4v) is 2.48. The SMILES string of the molecule is CCNC(CN(CCOC)C(C)C)c1ccccc1OC. The van der Waals surface area contributed by atoms with E-state index in [1.54, 1.807) is 14.2 Å². The molecular formula is C17H30N2O2. The molecule has 0 spiro atoms. The molecule has 1 unspecified atom stereocenters. The van der Waals surface area contributed by atoms with Crippen LogP contribution in [0.25, 0.3) is 0 Å². The highest BCUT2D eigenvalue weighted by atomic mass is 16.5. The number of hydrogen-bond donors (Lipinski definition) is 1. The molecule has 0 fully saturated rings. The zero-order valence-corrected chi connectivity index (χ0v) is 14.1. The lowest BCUT2D eigenvalue weighted by molar-refractivity contribution is 0.121. The summed E-state index contributed by atoms with van der Waals surface area (Å²) in [7, 11) is 3.48. The Morgan fingerprint density at radius 1 is 1.19 bits per heavy atom. The van der Waals surface area contributed by atoms with Crippen LogP contribution in [0.1, 0.15) is 32.4 Å². The summed E-state index contributed by atoms with van der Waals surface area (Å²) in [5.74, 6) is 0.943. The topological polar surface area (TPSA) is 33.7 Å². The van der Waals surface area contributed by atoms with Crippen LogP contribution in [0.3, 0.4) is 0 Å². The van der Waals surface area contributed by atoms with Crippen LogP contribution in [-0.4, -0.2) is 51.4 Å². The number of hydrogen-bond acceptors (Lipinski definition) is 4. The average Bonchev–Trinajstić information content (AvgIpc) is 2.50. The number of likely N-dealkylation sites (N-methyl/N-ethyl adjacent to an activating group) is 1. The van der Waals surface area contributed by atoms with Crippen molar-refractivity contribution in [2.24, 2.45) is 0 Å². The Balaban J connectivity index is 2.89. The fourth-order valence-electron chi connectivity index (χ4n) is 2.48. The van der Waals surface area contributed by atoms with E-state index < -0.39 is 0 Å². The van der Waals surface area contributed by atoms with Gasteiger partial charge in [-0.1, -0.05) is 25.1 Å². The van der Waals surface area contributed by atoms with Gasteiger partial charge in [-0.15, -0.1) is 0 Å². The van der Waals surface area contributed by atoms with E-state index in [9.17, 15) is 0 Å². The summed E-state index contributed by atoms with van der Waals surface area (Å²) in [5.41, 5.74) is 1.21. The lowest BCUT2D eigenvalue weighted by atomic mass is 10.0. The molecule has 0 aromatic heterocycles. The monoisotopic (exact) mass is 294 g/mol. The molecule has 0 bridgehead atoms. The van der Waals surface area contributed by atoms with E-state index in [0.717, 1.165) is 32.0 Å². The number of nitrogens with one attached hydrogen (secondary N) is 1. The molecule has 1 aromatic rings. The summed E-state index contributed by atoms with van der Waals surface area (Å²) in [5, 5.41) is 3.57. The van der Waals surface area contributed by atoms with Crippen molar-refractivity contribution < 1.29 is 9.47 Å². The largest absolute Gasteiger partial charge is 0.496 e. The van der Waals surface area contributed by atoms with Crippen molar-refractivity contribution >= 4 is 0 Å². The van der Waals surface area contributed by atoms with Crippen LogP contribution in [0.4, 0.5) is 0 Å². The standard InChI is InChI=1S/C17H30N2O2/c1-6-18-16(13-19(14(2)3)11-12-20-4)15-9-7-8-10-17(15)21-5/h7-10,14,16,18H,6,11-13H2,1-5H3. The van der Waals surface area contributed by atoms with Gasteiger partial charge < -0.3 is 14.8 Å². The maximum Gasteiger partial charge on any atom is 0.123 e. The molecule has 1 aromatic carbocycles. The van der Waals surface area contributed by atoms with Gasteiger partial charge in [-0.25, -0.2) is 0 Å². The molecule has 21 heavy (non-hydrogen) atoms. The highest BCUT2D eigenvalue weighted by Crippen LogP contribution is 2.25. The van der Waals surface area contributed by atoms with Crippen molar-refractivity contribution in [3.05, 3.63) is 29.8 Å². The zero-order chi connectivity index (χ0) is 15.7. The minimum atomic E-state index is 0.255. The molecule has 0 aliphatic carbocycles. The predicted molar refractivity (Wildman–Crippen MR) is 88.0 cm³/mol. The molecule has 1 rings (SSSR count). The first-order chi connectivity index (χ1) is 10.1. The van der Waals surface area contributed by atoms with Crippen molar-refractivity contribution in [2.45, 2.75) is 32.9 Å². The van der Waals surface area contributed by atoms with Crippen LogP contribution in [0, 0.1) is 0 Å². The summed E-state index contributed by atoms with van der Waals surface area (Å²) in [6, 6.07) is 8.98. The maximum atomic E-state index is 5.51. The van der Waals surface area contributed by atoms with E-state index in [2.05, 4.69) is 43.1 Å². The Morgan fingerprint density at radius 3 is 2.48 bits per heavy atom. The molecule has 120 valence electrons. The van der Waals surface area contributed by atoms with Crippen molar-refractivity contribution in [3.8, 4) is 5.75 Å². The predicted octanol–water partition coefficient (Wildman–Crippen LogP) is 2.70. The Labute approximate surface area is 129 Å². The van der Waals surface area contributed by atoms with Gasteiger partial charge in [0.25, 0.3) is 0 Å². The highest BCUT2D eigenvalue weighted by Gasteiger charge is 2.20. The maximum absolute atomic E-state index is 5.51. The Morgan fingerprint density at radius 2 is 1.90 bits per heavy atom. The van der Waals surface area contributed by atoms with Crippen molar-refractivity contribution in [1.29, 1.82) is 0 Å². The summed E-state index contributed by atoms with van der Waals surface area (Å²) in [6.07, 6.45) is 0. The molecule has 0 saturated heterocycles. The third kappa shape index (κ3) is 5.65. The van der Waals surface area contributed by atoms with Crippen LogP contribution in [0.2, 0.25) is 0 Å². The van der Waals surface area contributed by atoms with Crippen molar-refractivity contribution in [1.82, 2.24) is 10.2 Å². The smallest absolute Gasteiger partial charge is 0.123 e. The summed E-state index contributed by atoms with van der Waals surface area (Å²) in [6.45, 7) is 10.1. The highest BCUT2D eigenvalue weighted by molar-refractivity contribution is 5.36. The molecular weight excluding hydrogens is 264 g/mol. The van der Waals surface area contributed by atoms with E-state index in [1.165, 1.54) is 5.56 Å². The van der Waals surface area contributed by atoms with Crippen LogP contribution in [0.5, 0.6) is 5.75 Å². The van der Waals surface area contributed by atoms with Crippen LogP contribution in [0.15, 0.2) is 24.3 Å². The second-order valence-electron chi connectivity index (χ2n) is 5.43. The third-order valence-corrected chi connectivity index (χ3v) is 3.69. The first-order valence-corrected chi connectivity index (χ1v) is 7.73. The lowest BCUT2D eigenvalue weighted by Crippen LogP contribution is -2.41. The number of rotatable bonds is 10. The van der Waals surface area contributed by atoms with Gasteiger partial charge in [0, 0.05) is 37.8 Å².